The first-order valence-electron chi connectivity index (χ1n) is 5.26. The Morgan fingerprint density at radius 2 is 2.27 bits per heavy atom. The molecule has 1 saturated heterocycles. The van der Waals surface area contributed by atoms with Gasteiger partial charge in [-0.2, -0.15) is 12.6 Å². The summed E-state index contributed by atoms with van der Waals surface area (Å²) in [4.78, 5) is 11.5. The molecule has 1 heterocycles. The summed E-state index contributed by atoms with van der Waals surface area (Å²) in [6.07, 6.45) is -0.0182. The topological polar surface area (TPSA) is 47.6 Å². The Morgan fingerprint density at radius 3 is 2.80 bits per heavy atom. The van der Waals surface area contributed by atoms with Crippen molar-refractivity contribution < 1.29 is 14.3 Å². The average molecular weight is 233 g/mol. The maximum absolute atomic E-state index is 11.5. The SMILES string of the molecule is CC(C)C(S)C(=O)NCC1COCCO1. The summed E-state index contributed by atoms with van der Waals surface area (Å²) in [5.41, 5.74) is 0. The molecule has 0 aromatic rings. The Morgan fingerprint density at radius 1 is 1.53 bits per heavy atom. The molecular weight excluding hydrogens is 214 g/mol. The molecule has 0 radical (unpaired) electrons. The lowest BCUT2D eigenvalue weighted by atomic mass is 10.1. The van der Waals surface area contributed by atoms with Gasteiger partial charge >= 0.3 is 0 Å². The van der Waals surface area contributed by atoms with E-state index < -0.39 is 0 Å². The molecule has 0 saturated carbocycles. The van der Waals surface area contributed by atoms with Crippen LogP contribution in [-0.4, -0.2) is 43.6 Å². The van der Waals surface area contributed by atoms with Crippen molar-refractivity contribution in [1.29, 1.82) is 0 Å². The van der Waals surface area contributed by atoms with Crippen molar-refractivity contribution in [3.63, 3.8) is 0 Å². The third kappa shape index (κ3) is 4.40. The van der Waals surface area contributed by atoms with Gasteiger partial charge in [-0.05, 0) is 5.92 Å². The number of hydrogen-bond donors (Lipinski definition) is 2. The van der Waals surface area contributed by atoms with E-state index in [1.807, 2.05) is 13.8 Å². The number of nitrogens with one attached hydrogen (secondary N) is 1. The van der Waals surface area contributed by atoms with E-state index in [4.69, 9.17) is 9.47 Å². The minimum Gasteiger partial charge on any atom is -0.376 e. The largest absolute Gasteiger partial charge is 0.376 e. The van der Waals surface area contributed by atoms with Crippen LogP contribution >= 0.6 is 12.6 Å². The number of rotatable bonds is 4. The van der Waals surface area contributed by atoms with E-state index in [9.17, 15) is 4.79 Å². The van der Waals surface area contributed by atoms with Crippen LogP contribution in [0.25, 0.3) is 0 Å². The zero-order valence-corrected chi connectivity index (χ0v) is 10.1. The smallest absolute Gasteiger partial charge is 0.233 e. The van der Waals surface area contributed by atoms with Gasteiger partial charge in [0.25, 0.3) is 0 Å². The Kier molecular flexibility index (Phi) is 5.42. The lowest BCUT2D eigenvalue weighted by molar-refractivity contribution is -0.124. The number of carbonyl (C=O) groups excluding carboxylic acids is 1. The summed E-state index contributed by atoms with van der Waals surface area (Å²) in [6, 6.07) is 0. The predicted octanol–water partition coefficient (Wildman–Crippen LogP) is 0.472. The van der Waals surface area contributed by atoms with Gasteiger partial charge in [0.2, 0.25) is 5.91 Å². The van der Waals surface area contributed by atoms with E-state index in [2.05, 4.69) is 17.9 Å². The summed E-state index contributed by atoms with van der Waals surface area (Å²) < 4.78 is 10.6. The van der Waals surface area contributed by atoms with Crippen molar-refractivity contribution in [2.75, 3.05) is 26.4 Å². The minimum atomic E-state index is -0.255. The van der Waals surface area contributed by atoms with Crippen molar-refractivity contribution in [3.05, 3.63) is 0 Å². The van der Waals surface area contributed by atoms with Gasteiger partial charge < -0.3 is 14.8 Å². The Hall–Kier alpha value is -0.260. The van der Waals surface area contributed by atoms with E-state index in [0.29, 0.717) is 26.4 Å². The summed E-state index contributed by atoms with van der Waals surface area (Å²) >= 11 is 4.23. The summed E-state index contributed by atoms with van der Waals surface area (Å²) in [5, 5.41) is 2.56. The van der Waals surface area contributed by atoms with Gasteiger partial charge in [0.15, 0.2) is 0 Å². The summed E-state index contributed by atoms with van der Waals surface area (Å²) in [6.45, 7) is 6.25. The Bertz CT molecular complexity index is 205. The maximum Gasteiger partial charge on any atom is 0.233 e. The highest BCUT2D eigenvalue weighted by Crippen LogP contribution is 2.08. The molecule has 2 atom stereocenters. The van der Waals surface area contributed by atoms with Crippen LogP contribution in [0.15, 0.2) is 0 Å². The van der Waals surface area contributed by atoms with Gasteiger partial charge in [0, 0.05) is 6.54 Å². The molecule has 1 aliphatic rings. The van der Waals surface area contributed by atoms with Gasteiger partial charge in [0.05, 0.1) is 31.2 Å². The van der Waals surface area contributed by atoms with Gasteiger partial charge in [-0.25, -0.2) is 0 Å². The van der Waals surface area contributed by atoms with Gasteiger partial charge in [-0.1, -0.05) is 13.8 Å². The molecule has 4 nitrogen and oxygen atoms in total. The highest BCUT2D eigenvalue weighted by atomic mass is 32.1. The fourth-order valence-corrected chi connectivity index (χ4v) is 1.37. The summed E-state index contributed by atoms with van der Waals surface area (Å²) in [5.74, 6) is 0.194. The number of thiol groups is 1. The molecule has 1 rings (SSSR count). The molecule has 1 fully saturated rings. The van der Waals surface area contributed by atoms with Gasteiger partial charge in [-0.15, -0.1) is 0 Å². The highest BCUT2D eigenvalue weighted by molar-refractivity contribution is 7.81. The molecule has 0 bridgehead atoms. The lowest BCUT2D eigenvalue weighted by Gasteiger charge is -2.24. The van der Waals surface area contributed by atoms with Crippen LogP contribution in [0, 0.1) is 5.92 Å². The van der Waals surface area contributed by atoms with E-state index in [-0.39, 0.29) is 23.2 Å². The quantitative estimate of drug-likeness (QED) is 0.694. The Balaban J connectivity index is 2.20. The molecule has 1 amide bonds. The number of ether oxygens (including phenoxy) is 2. The molecule has 0 aliphatic carbocycles. The first kappa shape index (κ1) is 12.8. The first-order valence-corrected chi connectivity index (χ1v) is 5.78. The number of hydrogen-bond acceptors (Lipinski definition) is 4. The third-order valence-electron chi connectivity index (χ3n) is 2.29. The van der Waals surface area contributed by atoms with Crippen LogP contribution in [-0.2, 0) is 14.3 Å². The van der Waals surface area contributed by atoms with E-state index in [1.165, 1.54) is 0 Å². The fraction of sp³-hybridized carbons (Fsp3) is 0.900. The second-order valence-corrected chi connectivity index (χ2v) is 4.56. The molecular formula is C10H19NO3S. The fourth-order valence-electron chi connectivity index (χ4n) is 1.28. The summed E-state index contributed by atoms with van der Waals surface area (Å²) in [7, 11) is 0. The molecule has 0 aromatic heterocycles. The van der Waals surface area contributed by atoms with Gasteiger partial charge in [-0.3, -0.25) is 4.79 Å². The molecule has 88 valence electrons. The van der Waals surface area contributed by atoms with E-state index in [1.54, 1.807) is 0 Å². The number of amides is 1. The molecule has 0 spiro atoms. The van der Waals surface area contributed by atoms with Gasteiger partial charge in [0.1, 0.15) is 0 Å². The third-order valence-corrected chi connectivity index (χ3v) is 3.12. The zero-order valence-electron chi connectivity index (χ0n) is 9.23. The molecule has 1 aliphatic heterocycles. The normalized spacial score (nSPS) is 23.9. The lowest BCUT2D eigenvalue weighted by Crippen LogP contribution is -2.43. The minimum absolute atomic E-state index is 0.0182. The van der Waals surface area contributed by atoms with Crippen LogP contribution in [0.5, 0.6) is 0 Å². The van der Waals surface area contributed by atoms with Crippen molar-refractivity contribution >= 4 is 18.5 Å². The number of carbonyl (C=O) groups is 1. The van der Waals surface area contributed by atoms with Crippen LogP contribution < -0.4 is 5.32 Å². The van der Waals surface area contributed by atoms with Crippen molar-refractivity contribution in [3.8, 4) is 0 Å². The average Bonchev–Trinajstić information content (AvgIpc) is 2.26. The van der Waals surface area contributed by atoms with Crippen molar-refractivity contribution in [1.82, 2.24) is 5.32 Å². The van der Waals surface area contributed by atoms with Crippen LogP contribution in [0.4, 0.5) is 0 Å². The molecule has 1 N–H and O–H groups in total. The first-order chi connectivity index (χ1) is 7.11. The molecule has 15 heavy (non-hydrogen) atoms. The predicted molar refractivity (Wildman–Crippen MR) is 61.2 cm³/mol. The second-order valence-electron chi connectivity index (χ2n) is 4.00. The van der Waals surface area contributed by atoms with Crippen LogP contribution in [0.2, 0.25) is 0 Å². The monoisotopic (exact) mass is 233 g/mol. The van der Waals surface area contributed by atoms with Crippen LogP contribution in [0.1, 0.15) is 13.8 Å². The standard InChI is InChI=1S/C10H19NO3S/c1-7(2)9(15)10(12)11-5-8-6-13-3-4-14-8/h7-9,15H,3-6H2,1-2H3,(H,11,12). The van der Waals surface area contributed by atoms with E-state index >= 15 is 0 Å². The zero-order chi connectivity index (χ0) is 11.3. The Labute approximate surface area is 96.1 Å². The maximum atomic E-state index is 11.5. The van der Waals surface area contributed by atoms with E-state index in [0.717, 1.165) is 0 Å². The molecule has 0 aromatic carbocycles. The van der Waals surface area contributed by atoms with Crippen LogP contribution in [0.3, 0.4) is 0 Å². The van der Waals surface area contributed by atoms with Crippen molar-refractivity contribution in [2.24, 2.45) is 5.92 Å². The van der Waals surface area contributed by atoms with Crippen molar-refractivity contribution in [2.45, 2.75) is 25.2 Å². The highest BCUT2D eigenvalue weighted by Gasteiger charge is 2.20. The second kappa shape index (κ2) is 6.35. The molecule has 5 heteroatoms. The molecule has 2 unspecified atom stereocenters.